The summed E-state index contributed by atoms with van der Waals surface area (Å²) in [6, 6.07) is 10.9. The molecule has 0 saturated carbocycles. The molecule has 0 saturated heterocycles. The molecule has 1 aliphatic rings. The Labute approximate surface area is 146 Å². The van der Waals surface area contributed by atoms with Crippen LogP contribution in [0.3, 0.4) is 0 Å². The number of nitrogens with one attached hydrogen (secondary N) is 1. The van der Waals surface area contributed by atoms with Crippen LogP contribution in [0, 0.1) is 0 Å². The zero-order chi connectivity index (χ0) is 17.8. The van der Waals surface area contributed by atoms with E-state index in [9.17, 15) is 4.79 Å². The van der Waals surface area contributed by atoms with Gasteiger partial charge in [0.05, 0.1) is 14.2 Å². The third kappa shape index (κ3) is 3.79. The van der Waals surface area contributed by atoms with E-state index in [2.05, 4.69) is 5.32 Å². The van der Waals surface area contributed by atoms with E-state index in [0.717, 1.165) is 5.56 Å². The number of rotatable bonds is 6. The minimum atomic E-state index is -0.147. The maximum absolute atomic E-state index is 12.4. The normalized spacial score (nSPS) is 13.2. The molecular weight excluding hydrogens is 322 g/mol. The lowest BCUT2D eigenvalue weighted by Gasteiger charge is -2.15. The second-order valence-electron chi connectivity index (χ2n) is 5.84. The highest BCUT2D eigenvalue weighted by Crippen LogP contribution is 2.32. The largest absolute Gasteiger partial charge is 0.493 e. The molecule has 1 heterocycles. The summed E-state index contributed by atoms with van der Waals surface area (Å²) in [6.07, 6.45) is 0.677. The molecule has 132 valence electrons. The number of amides is 1. The van der Waals surface area contributed by atoms with E-state index in [1.165, 1.54) is 0 Å². The molecule has 2 aromatic carbocycles. The van der Waals surface area contributed by atoms with Crippen LogP contribution in [0.1, 0.15) is 22.8 Å². The lowest BCUT2D eigenvalue weighted by Crippen LogP contribution is -2.34. The van der Waals surface area contributed by atoms with Crippen molar-refractivity contribution in [3.05, 3.63) is 47.5 Å². The Morgan fingerprint density at radius 2 is 1.84 bits per heavy atom. The van der Waals surface area contributed by atoms with Gasteiger partial charge in [-0.15, -0.1) is 0 Å². The summed E-state index contributed by atoms with van der Waals surface area (Å²) in [4.78, 5) is 12.4. The first kappa shape index (κ1) is 17.0. The van der Waals surface area contributed by atoms with Gasteiger partial charge in [0.25, 0.3) is 5.91 Å². The van der Waals surface area contributed by atoms with Crippen LogP contribution >= 0.6 is 0 Å². The Bertz CT molecular complexity index is 774. The van der Waals surface area contributed by atoms with Gasteiger partial charge in [-0.1, -0.05) is 6.07 Å². The Morgan fingerprint density at radius 1 is 1.08 bits per heavy atom. The monoisotopic (exact) mass is 343 g/mol. The summed E-state index contributed by atoms with van der Waals surface area (Å²) in [5.74, 6) is 2.47. The molecular formula is C19H21NO5. The number of carbonyl (C=O) groups excluding carboxylic acids is 1. The summed E-state index contributed by atoms with van der Waals surface area (Å²) < 4.78 is 21.1. The lowest BCUT2D eigenvalue weighted by molar-refractivity contribution is 0.0939. The molecule has 25 heavy (non-hydrogen) atoms. The Balaban J connectivity index is 1.64. The van der Waals surface area contributed by atoms with Crippen LogP contribution < -0.4 is 24.3 Å². The highest BCUT2D eigenvalue weighted by Gasteiger charge is 2.17. The molecule has 0 spiro atoms. The molecule has 1 unspecified atom stereocenters. The number of benzene rings is 2. The van der Waals surface area contributed by atoms with Crippen LogP contribution in [0.5, 0.6) is 23.0 Å². The first-order chi connectivity index (χ1) is 12.1. The van der Waals surface area contributed by atoms with Crippen molar-refractivity contribution in [1.29, 1.82) is 0 Å². The molecule has 6 nitrogen and oxygen atoms in total. The molecule has 0 bridgehead atoms. The highest BCUT2D eigenvalue weighted by molar-refractivity contribution is 5.95. The number of fused-ring (bicyclic) bond motifs is 1. The standard InChI is InChI=1S/C19H21NO5/c1-12(8-13-4-6-15(22-2)17(9-13)23-3)20-19(21)14-5-7-16-18(10-14)25-11-24-16/h4-7,9-10,12H,8,11H2,1-3H3,(H,20,21). The summed E-state index contributed by atoms with van der Waals surface area (Å²) in [7, 11) is 3.21. The van der Waals surface area contributed by atoms with Gasteiger partial charge in [-0.25, -0.2) is 0 Å². The third-order valence-electron chi connectivity index (χ3n) is 4.00. The van der Waals surface area contributed by atoms with Crippen LogP contribution in [-0.4, -0.2) is 33.0 Å². The van der Waals surface area contributed by atoms with Gasteiger partial charge in [0, 0.05) is 11.6 Å². The highest BCUT2D eigenvalue weighted by atomic mass is 16.7. The van der Waals surface area contributed by atoms with Crippen LogP contribution in [0.25, 0.3) is 0 Å². The van der Waals surface area contributed by atoms with Gasteiger partial charge < -0.3 is 24.3 Å². The van der Waals surface area contributed by atoms with Crippen molar-refractivity contribution in [3.8, 4) is 23.0 Å². The van der Waals surface area contributed by atoms with Crippen molar-refractivity contribution in [2.24, 2.45) is 0 Å². The van der Waals surface area contributed by atoms with Crippen molar-refractivity contribution in [2.75, 3.05) is 21.0 Å². The molecule has 0 radical (unpaired) electrons. The fourth-order valence-electron chi connectivity index (χ4n) is 2.76. The molecule has 2 aromatic rings. The van der Waals surface area contributed by atoms with Crippen molar-refractivity contribution in [1.82, 2.24) is 5.32 Å². The zero-order valence-corrected chi connectivity index (χ0v) is 14.5. The first-order valence-corrected chi connectivity index (χ1v) is 8.02. The van der Waals surface area contributed by atoms with E-state index in [-0.39, 0.29) is 18.7 Å². The summed E-state index contributed by atoms with van der Waals surface area (Å²) in [6.45, 7) is 2.15. The maximum atomic E-state index is 12.4. The third-order valence-corrected chi connectivity index (χ3v) is 4.00. The number of carbonyl (C=O) groups is 1. The van der Waals surface area contributed by atoms with Gasteiger partial charge in [-0.3, -0.25) is 4.79 Å². The molecule has 3 rings (SSSR count). The van der Waals surface area contributed by atoms with Gasteiger partial charge in [0.1, 0.15) is 0 Å². The van der Waals surface area contributed by atoms with E-state index in [1.807, 2.05) is 25.1 Å². The van der Waals surface area contributed by atoms with E-state index in [0.29, 0.717) is 35.0 Å². The van der Waals surface area contributed by atoms with E-state index in [1.54, 1.807) is 32.4 Å². The number of ether oxygens (including phenoxy) is 4. The number of hydrogen-bond acceptors (Lipinski definition) is 5. The Hall–Kier alpha value is -2.89. The quantitative estimate of drug-likeness (QED) is 0.874. The Kier molecular flexibility index (Phi) is 4.97. The fraction of sp³-hybridized carbons (Fsp3) is 0.316. The van der Waals surface area contributed by atoms with Crippen LogP contribution in [0.4, 0.5) is 0 Å². The van der Waals surface area contributed by atoms with Gasteiger partial charge in [0.2, 0.25) is 6.79 Å². The molecule has 0 aliphatic carbocycles. The van der Waals surface area contributed by atoms with Crippen LogP contribution in [0.15, 0.2) is 36.4 Å². The second kappa shape index (κ2) is 7.34. The number of hydrogen-bond donors (Lipinski definition) is 1. The first-order valence-electron chi connectivity index (χ1n) is 8.02. The predicted molar refractivity (Wildman–Crippen MR) is 92.7 cm³/mol. The minimum Gasteiger partial charge on any atom is -0.493 e. The lowest BCUT2D eigenvalue weighted by atomic mass is 10.1. The second-order valence-corrected chi connectivity index (χ2v) is 5.84. The van der Waals surface area contributed by atoms with Crippen LogP contribution in [-0.2, 0) is 6.42 Å². The van der Waals surface area contributed by atoms with Crippen molar-refractivity contribution >= 4 is 5.91 Å². The van der Waals surface area contributed by atoms with E-state index in [4.69, 9.17) is 18.9 Å². The van der Waals surface area contributed by atoms with E-state index >= 15 is 0 Å². The summed E-state index contributed by atoms with van der Waals surface area (Å²) in [5, 5.41) is 2.99. The smallest absolute Gasteiger partial charge is 0.251 e. The van der Waals surface area contributed by atoms with Crippen molar-refractivity contribution in [2.45, 2.75) is 19.4 Å². The molecule has 1 N–H and O–H groups in total. The number of methoxy groups -OCH3 is 2. The van der Waals surface area contributed by atoms with Crippen molar-refractivity contribution < 1.29 is 23.7 Å². The Morgan fingerprint density at radius 3 is 2.60 bits per heavy atom. The SMILES string of the molecule is COc1ccc(CC(C)NC(=O)c2ccc3c(c2)OCO3)cc1OC. The molecule has 1 atom stereocenters. The molecule has 6 heteroatoms. The predicted octanol–water partition coefficient (Wildman–Crippen LogP) is 2.79. The molecule has 0 aromatic heterocycles. The van der Waals surface area contributed by atoms with E-state index < -0.39 is 0 Å². The average Bonchev–Trinajstić information content (AvgIpc) is 3.09. The summed E-state index contributed by atoms with van der Waals surface area (Å²) in [5.41, 5.74) is 1.60. The topological polar surface area (TPSA) is 66.0 Å². The fourth-order valence-corrected chi connectivity index (χ4v) is 2.76. The van der Waals surface area contributed by atoms with Crippen LogP contribution in [0.2, 0.25) is 0 Å². The maximum Gasteiger partial charge on any atom is 0.251 e. The zero-order valence-electron chi connectivity index (χ0n) is 14.5. The van der Waals surface area contributed by atoms with Gasteiger partial charge in [0.15, 0.2) is 23.0 Å². The van der Waals surface area contributed by atoms with Crippen molar-refractivity contribution in [3.63, 3.8) is 0 Å². The molecule has 1 aliphatic heterocycles. The molecule has 0 fully saturated rings. The van der Waals surface area contributed by atoms with Gasteiger partial charge in [-0.05, 0) is 49.2 Å². The minimum absolute atomic E-state index is 0.0453. The average molecular weight is 343 g/mol. The van der Waals surface area contributed by atoms with Gasteiger partial charge in [-0.2, -0.15) is 0 Å². The van der Waals surface area contributed by atoms with Gasteiger partial charge >= 0.3 is 0 Å². The summed E-state index contributed by atoms with van der Waals surface area (Å²) >= 11 is 0. The molecule has 1 amide bonds.